The number of carbonyl (C=O) groups excluding carboxylic acids is 1. The second kappa shape index (κ2) is 6.17. The molecule has 3 nitrogen and oxygen atoms in total. The normalized spacial score (nSPS) is 11.3. The van der Waals surface area contributed by atoms with Crippen LogP contribution in [-0.4, -0.2) is 5.91 Å². The van der Waals surface area contributed by atoms with Gasteiger partial charge in [0.15, 0.2) is 11.9 Å². The lowest BCUT2D eigenvalue weighted by Crippen LogP contribution is -2.43. The van der Waals surface area contributed by atoms with Gasteiger partial charge in [0, 0.05) is 24.2 Å². The molecule has 0 aliphatic heterocycles. The van der Waals surface area contributed by atoms with Crippen molar-refractivity contribution in [1.82, 2.24) is 0 Å². The van der Waals surface area contributed by atoms with Gasteiger partial charge < -0.3 is 5.32 Å². The van der Waals surface area contributed by atoms with E-state index in [-0.39, 0.29) is 12.5 Å². The molecule has 0 spiro atoms. The van der Waals surface area contributed by atoms with Crippen LogP contribution in [0.1, 0.15) is 16.8 Å². The molecule has 0 unspecified atom stereocenters. The predicted molar refractivity (Wildman–Crippen MR) is 76.2 cm³/mol. The molecule has 1 aromatic heterocycles. The molecular weight excluding hydrogens is 293 g/mol. The fourth-order valence-electron chi connectivity index (χ4n) is 2.02. The van der Waals surface area contributed by atoms with E-state index in [1.807, 2.05) is 26.0 Å². The maximum atomic E-state index is 12.5. The van der Waals surface area contributed by atoms with Crippen LogP contribution >= 0.6 is 0 Å². The van der Waals surface area contributed by atoms with E-state index in [4.69, 9.17) is 0 Å². The van der Waals surface area contributed by atoms with Crippen molar-refractivity contribution in [2.24, 2.45) is 0 Å². The first-order chi connectivity index (χ1) is 10.3. The monoisotopic (exact) mass is 309 g/mol. The van der Waals surface area contributed by atoms with Crippen LogP contribution in [0.2, 0.25) is 0 Å². The van der Waals surface area contributed by atoms with Crippen LogP contribution in [0, 0.1) is 13.8 Å². The molecule has 22 heavy (non-hydrogen) atoms. The average Bonchev–Trinajstić information content (AvgIpc) is 2.43. The molecule has 1 N–H and O–H groups in total. The summed E-state index contributed by atoms with van der Waals surface area (Å²) in [4.78, 5) is 12.0. The van der Waals surface area contributed by atoms with E-state index >= 15 is 0 Å². The number of benzene rings is 1. The van der Waals surface area contributed by atoms with Crippen molar-refractivity contribution in [2.45, 2.75) is 26.6 Å². The zero-order valence-corrected chi connectivity index (χ0v) is 12.2. The summed E-state index contributed by atoms with van der Waals surface area (Å²) >= 11 is 0. The summed E-state index contributed by atoms with van der Waals surface area (Å²) in [5.74, 6) is -0.293. The summed E-state index contributed by atoms with van der Waals surface area (Å²) in [7, 11) is 0. The van der Waals surface area contributed by atoms with Crippen LogP contribution in [0.25, 0.3) is 0 Å². The highest BCUT2D eigenvalue weighted by molar-refractivity contribution is 5.89. The third-order valence-corrected chi connectivity index (χ3v) is 3.42. The van der Waals surface area contributed by atoms with Crippen LogP contribution < -0.4 is 9.88 Å². The second-order valence-corrected chi connectivity index (χ2v) is 5.03. The van der Waals surface area contributed by atoms with Crippen LogP contribution in [-0.2, 0) is 17.5 Å². The van der Waals surface area contributed by atoms with Crippen molar-refractivity contribution in [3.05, 3.63) is 59.4 Å². The Labute approximate surface area is 126 Å². The number of rotatable bonds is 3. The molecule has 0 aliphatic carbocycles. The van der Waals surface area contributed by atoms with Crippen molar-refractivity contribution in [1.29, 1.82) is 0 Å². The van der Waals surface area contributed by atoms with Crippen LogP contribution in [0.5, 0.6) is 0 Å². The van der Waals surface area contributed by atoms with E-state index in [9.17, 15) is 18.0 Å². The van der Waals surface area contributed by atoms with Crippen molar-refractivity contribution in [3.63, 3.8) is 0 Å². The number of pyridine rings is 1. The standard InChI is InChI=1S/C16H15F3N2O/c1-11-4-3-9-21(12(11)2)10-15(22)20-14-7-5-13(6-8-14)16(17,18)19/h3-9H,10H2,1-2H3/p+1. The summed E-state index contributed by atoms with van der Waals surface area (Å²) < 4.78 is 39.2. The van der Waals surface area contributed by atoms with Gasteiger partial charge in [0.25, 0.3) is 5.91 Å². The third kappa shape index (κ3) is 3.84. The highest BCUT2D eigenvalue weighted by Gasteiger charge is 2.30. The fraction of sp³-hybridized carbons (Fsp3) is 0.250. The number of aromatic nitrogens is 1. The van der Waals surface area contributed by atoms with Gasteiger partial charge in [0.2, 0.25) is 6.54 Å². The lowest BCUT2D eigenvalue weighted by atomic mass is 10.2. The van der Waals surface area contributed by atoms with Crippen LogP contribution in [0.3, 0.4) is 0 Å². The highest BCUT2D eigenvalue weighted by atomic mass is 19.4. The first kappa shape index (κ1) is 16.0. The number of amides is 1. The lowest BCUT2D eigenvalue weighted by Gasteiger charge is -2.08. The molecule has 2 rings (SSSR count). The molecule has 6 heteroatoms. The Morgan fingerprint density at radius 2 is 1.77 bits per heavy atom. The zero-order valence-electron chi connectivity index (χ0n) is 12.2. The average molecular weight is 309 g/mol. The van der Waals surface area contributed by atoms with E-state index in [0.717, 1.165) is 23.4 Å². The molecule has 1 amide bonds. The van der Waals surface area contributed by atoms with Crippen LogP contribution in [0.15, 0.2) is 42.6 Å². The Bertz CT molecular complexity index is 679. The summed E-state index contributed by atoms with van der Waals surface area (Å²) in [6.45, 7) is 3.95. The quantitative estimate of drug-likeness (QED) is 0.868. The van der Waals surface area contributed by atoms with Crippen molar-refractivity contribution < 1.29 is 22.5 Å². The van der Waals surface area contributed by atoms with Gasteiger partial charge in [-0.15, -0.1) is 0 Å². The van der Waals surface area contributed by atoms with Gasteiger partial charge >= 0.3 is 6.18 Å². The molecule has 0 saturated carbocycles. The highest BCUT2D eigenvalue weighted by Crippen LogP contribution is 2.29. The number of halogens is 3. The molecule has 1 heterocycles. The number of hydrogen-bond donors (Lipinski definition) is 1. The molecular formula is C16H16F3N2O+. The molecule has 2 aromatic rings. The van der Waals surface area contributed by atoms with Gasteiger partial charge in [-0.25, -0.2) is 0 Å². The Kier molecular flexibility index (Phi) is 4.49. The summed E-state index contributed by atoms with van der Waals surface area (Å²) in [5, 5.41) is 2.59. The Morgan fingerprint density at radius 1 is 1.14 bits per heavy atom. The number of aryl methyl sites for hydroxylation is 1. The summed E-state index contributed by atoms with van der Waals surface area (Å²) in [5.41, 5.74) is 1.62. The molecule has 0 fully saturated rings. The zero-order chi connectivity index (χ0) is 16.3. The van der Waals surface area contributed by atoms with E-state index < -0.39 is 11.7 Å². The lowest BCUT2D eigenvalue weighted by molar-refractivity contribution is -0.690. The Balaban J connectivity index is 2.05. The molecule has 116 valence electrons. The number of nitrogens with zero attached hydrogens (tertiary/aromatic N) is 1. The summed E-state index contributed by atoms with van der Waals surface area (Å²) in [6, 6.07) is 8.16. The number of alkyl halides is 3. The molecule has 0 aliphatic rings. The molecule has 0 atom stereocenters. The first-order valence-corrected chi connectivity index (χ1v) is 6.70. The topological polar surface area (TPSA) is 33.0 Å². The van der Waals surface area contributed by atoms with E-state index in [1.165, 1.54) is 12.1 Å². The number of hydrogen-bond acceptors (Lipinski definition) is 1. The fourth-order valence-corrected chi connectivity index (χ4v) is 2.02. The van der Waals surface area contributed by atoms with Gasteiger partial charge in [-0.3, -0.25) is 4.79 Å². The third-order valence-electron chi connectivity index (χ3n) is 3.42. The van der Waals surface area contributed by atoms with Crippen molar-refractivity contribution in [3.8, 4) is 0 Å². The minimum absolute atomic E-state index is 0.106. The predicted octanol–water partition coefficient (Wildman–Crippen LogP) is 3.25. The van der Waals surface area contributed by atoms with Gasteiger partial charge in [-0.2, -0.15) is 17.7 Å². The minimum Gasteiger partial charge on any atom is -0.321 e. The largest absolute Gasteiger partial charge is 0.416 e. The number of nitrogens with one attached hydrogen (secondary N) is 1. The Hall–Kier alpha value is -2.37. The maximum absolute atomic E-state index is 12.5. The molecule has 1 aromatic carbocycles. The Morgan fingerprint density at radius 3 is 2.36 bits per heavy atom. The van der Waals surface area contributed by atoms with E-state index in [0.29, 0.717) is 5.69 Å². The van der Waals surface area contributed by atoms with Crippen molar-refractivity contribution >= 4 is 11.6 Å². The van der Waals surface area contributed by atoms with Crippen LogP contribution in [0.4, 0.5) is 18.9 Å². The van der Waals surface area contributed by atoms with Gasteiger partial charge in [0.1, 0.15) is 0 Å². The van der Waals surface area contributed by atoms with Gasteiger partial charge in [0.05, 0.1) is 5.56 Å². The second-order valence-electron chi connectivity index (χ2n) is 5.03. The molecule has 0 bridgehead atoms. The smallest absolute Gasteiger partial charge is 0.321 e. The minimum atomic E-state index is -4.38. The molecule has 0 saturated heterocycles. The SMILES string of the molecule is Cc1ccc[n+](CC(=O)Nc2ccc(C(F)(F)F)cc2)c1C. The maximum Gasteiger partial charge on any atom is 0.416 e. The first-order valence-electron chi connectivity index (χ1n) is 6.70. The van der Waals surface area contributed by atoms with Gasteiger partial charge in [-0.1, -0.05) is 0 Å². The van der Waals surface area contributed by atoms with Gasteiger partial charge in [-0.05, 0) is 37.3 Å². The number of carbonyl (C=O) groups is 1. The number of anilines is 1. The van der Waals surface area contributed by atoms with E-state index in [1.54, 1.807) is 10.8 Å². The summed E-state index contributed by atoms with van der Waals surface area (Å²) in [6.07, 6.45) is -2.59. The van der Waals surface area contributed by atoms with Crippen molar-refractivity contribution in [2.75, 3.05) is 5.32 Å². The van der Waals surface area contributed by atoms with E-state index in [2.05, 4.69) is 5.32 Å². The molecule has 0 radical (unpaired) electrons.